The molecule has 2 atom stereocenters. The summed E-state index contributed by atoms with van der Waals surface area (Å²) in [7, 11) is 0. The molecule has 0 saturated carbocycles. The summed E-state index contributed by atoms with van der Waals surface area (Å²) in [5, 5.41) is 5.25. The number of halogens is 2. The third kappa shape index (κ3) is 6.46. The van der Waals surface area contributed by atoms with Gasteiger partial charge >= 0.3 is 0 Å². The van der Waals surface area contributed by atoms with Crippen LogP contribution < -0.4 is 10.6 Å². The van der Waals surface area contributed by atoms with E-state index in [0.717, 1.165) is 10.0 Å². The maximum Gasteiger partial charge on any atom is 0.234 e. The van der Waals surface area contributed by atoms with Gasteiger partial charge in [0.15, 0.2) is 0 Å². The Kier molecular flexibility index (Phi) is 7.66. The SMILES string of the molecule is CC(SCC(=O)Nc1ccc(F)cc1)C(=O)NC(C)c1cccc(Br)c1. The van der Waals surface area contributed by atoms with Crippen molar-refractivity contribution in [2.24, 2.45) is 0 Å². The molecule has 2 rings (SSSR count). The van der Waals surface area contributed by atoms with Crippen molar-refractivity contribution in [3.63, 3.8) is 0 Å². The predicted octanol–water partition coefficient (Wildman–Crippen LogP) is 4.53. The van der Waals surface area contributed by atoms with E-state index in [1.54, 1.807) is 6.92 Å². The fourth-order valence-corrected chi connectivity index (χ4v) is 3.31. The number of hydrogen-bond donors (Lipinski definition) is 2. The number of amides is 2. The van der Waals surface area contributed by atoms with Crippen LogP contribution >= 0.6 is 27.7 Å². The molecule has 0 saturated heterocycles. The Morgan fingerprint density at radius 2 is 1.85 bits per heavy atom. The van der Waals surface area contributed by atoms with Crippen LogP contribution in [0.1, 0.15) is 25.5 Å². The standard InChI is InChI=1S/C19H20BrFN2O2S/c1-12(14-4-3-5-15(20)10-14)22-19(25)13(2)26-11-18(24)23-17-8-6-16(21)7-9-17/h3-10,12-13H,11H2,1-2H3,(H,22,25)(H,23,24). The summed E-state index contributed by atoms with van der Waals surface area (Å²) in [6, 6.07) is 13.2. The lowest BCUT2D eigenvalue weighted by molar-refractivity contribution is -0.120. The zero-order chi connectivity index (χ0) is 19.1. The van der Waals surface area contributed by atoms with E-state index < -0.39 is 0 Å². The average Bonchev–Trinajstić information content (AvgIpc) is 2.61. The van der Waals surface area contributed by atoms with Gasteiger partial charge in [0.1, 0.15) is 5.82 Å². The maximum absolute atomic E-state index is 12.9. The molecule has 2 N–H and O–H groups in total. The molecule has 7 heteroatoms. The number of anilines is 1. The average molecular weight is 439 g/mol. The number of rotatable bonds is 7. The van der Waals surface area contributed by atoms with Crippen molar-refractivity contribution < 1.29 is 14.0 Å². The van der Waals surface area contributed by atoms with E-state index in [0.29, 0.717) is 5.69 Å². The molecule has 0 spiro atoms. The number of carbonyl (C=O) groups excluding carboxylic acids is 2. The van der Waals surface area contributed by atoms with Crippen LogP contribution in [0.5, 0.6) is 0 Å². The number of benzene rings is 2. The third-order valence-electron chi connectivity index (χ3n) is 3.67. The molecule has 0 fully saturated rings. The summed E-state index contributed by atoms with van der Waals surface area (Å²) in [6.07, 6.45) is 0. The van der Waals surface area contributed by atoms with Crippen molar-refractivity contribution >= 4 is 45.2 Å². The van der Waals surface area contributed by atoms with Crippen molar-refractivity contribution in [1.82, 2.24) is 5.32 Å². The van der Waals surface area contributed by atoms with Crippen LogP contribution in [-0.2, 0) is 9.59 Å². The van der Waals surface area contributed by atoms with Crippen molar-refractivity contribution in [2.75, 3.05) is 11.1 Å². The van der Waals surface area contributed by atoms with Crippen molar-refractivity contribution in [1.29, 1.82) is 0 Å². The summed E-state index contributed by atoms with van der Waals surface area (Å²) >= 11 is 4.66. The first-order chi connectivity index (χ1) is 12.3. The molecule has 0 aromatic heterocycles. The molecule has 2 amide bonds. The van der Waals surface area contributed by atoms with Gasteiger partial charge in [0, 0.05) is 10.2 Å². The topological polar surface area (TPSA) is 58.2 Å². The molecular formula is C19H20BrFN2O2S. The quantitative estimate of drug-likeness (QED) is 0.667. The minimum atomic E-state index is -0.372. The highest BCUT2D eigenvalue weighted by atomic mass is 79.9. The lowest BCUT2D eigenvalue weighted by atomic mass is 10.1. The van der Waals surface area contributed by atoms with Gasteiger partial charge in [0.25, 0.3) is 0 Å². The smallest absolute Gasteiger partial charge is 0.234 e. The minimum Gasteiger partial charge on any atom is -0.349 e. The monoisotopic (exact) mass is 438 g/mol. The zero-order valence-corrected chi connectivity index (χ0v) is 16.9. The van der Waals surface area contributed by atoms with E-state index in [2.05, 4.69) is 26.6 Å². The highest BCUT2D eigenvalue weighted by Crippen LogP contribution is 2.19. The van der Waals surface area contributed by atoms with Gasteiger partial charge in [-0.15, -0.1) is 11.8 Å². The Morgan fingerprint density at radius 3 is 2.50 bits per heavy atom. The minimum absolute atomic E-state index is 0.128. The number of carbonyl (C=O) groups is 2. The van der Waals surface area contributed by atoms with Gasteiger partial charge < -0.3 is 10.6 Å². The predicted molar refractivity (Wildman–Crippen MR) is 108 cm³/mol. The number of thioether (sulfide) groups is 1. The summed E-state index contributed by atoms with van der Waals surface area (Å²) in [6.45, 7) is 3.68. The zero-order valence-electron chi connectivity index (χ0n) is 14.5. The second kappa shape index (κ2) is 9.73. The number of nitrogens with one attached hydrogen (secondary N) is 2. The molecule has 0 bridgehead atoms. The third-order valence-corrected chi connectivity index (χ3v) is 5.31. The Morgan fingerprint density at radius 1 is 1.15 bits per heavy atom. The van der Waals surface area contributed by atoms with Crippen LogP contribution in [0.3, 0.4) is 0 Å². The summed E-state index contributed by atoms with van der Waals surface area (Å²) < 4.78 is 13.8. The molecule has 26 heavy (non-hydrogen) atoms. The Hall–Kier alpha value is -1.86. The Labute approximate surface area is 165 Å². The van der Waals surface area contributed by atoms with Crippen LogP contribution in [0.15, 0.2) is 53.0 Å². The van der Waals surface area contributed by atoms with E-state index in [1.807, 2.05) is 31.2 Å². The van der Waals surface area contributed by atoms with E-state index >= 15 is 0 Å². The largest absolute Gasteiger partial charge is 0.349 e. The molecule has 0 heterocycles. The lowest BCUT2D eigenvalue weighted by Gasteiger charge is -2.18. The first kappa shape index (κ1) is 20.5. The second-order valence-electron chi connectivity index (χ2n) is 5.79. The van der Waals surface area contributed by atoms with Gasteiger partial charge in [-0.1, -0.05) is 28.1 Å². The molecular weight excluding hydrogens is 419 g/mol. The van der Waals surface area contributed by atoms with Gasteiger partial charge in [0.05, 0.1) is 17.0 Å². The maximum atomic E-state index is 12.9. The molecule has 4 nitrogen and oxygen atoms in total. The molecule has 0 aliphatic carbocycles. The highest BCUT2D eigenvalue weighted by molar-refractivity contribution is 9.10. The fraction of sp³-hybridized carbons (Fsp3) is 0.263. The van der Waals surface area contributed by atoms with Crippen molar-refractivity contribution in [3.8, 4) is 0 Å². The van der Waals surface area contributed by atoms with Crippen molar-refractivity contribution in [3.05, 3.63) is 64.4 Å². The summed E-state index contributed by atoms with van der Waals surface area (Å²) in [4.78, 5) is 24.2. The van der Waals surface area contributed by atoms with Crippen LogP contribution in [0, 0.1) is 5.82 Å². The normalized spacial score (nSPS) is 12.9. The highest BCUT2D eigenvalue weighted by Gasteiger charge is 2.18. The molecule has 0 aliphatic rings. The van der Waals surface area contributed by atoms with Crippen LogP contribution in [0.2, 0.25) is 0 Å². The first-order valence-corrected chi connectivity index (χ1v) is 9.92. The summed E-state index contributed by atoms with van der Waals surface area (Å²) in [5.74, 6) is -0.586. The van der Waals surface area contributed by atoms with E-state index in [4.69, 9.17) is 0 Å². The molecule has 0 aliphatic heterocycles. The van der Waals surface area contributed by atoms with E-state index in [-0.39, 0.29) is 34.7 Å². The van der Waals surface area contributed by atoms with Crippen LogP contribution in [-0.4, -0.2) is 22.8 Å². The molecule has 2 aromatic carbocycles. The number of hydrogen-bond acceptors (Lipinski definition) is 3. The van der Waals surface area contributed by atoms with E-state index in [9.17, 15) is 14.0 Å². The molecule has 138 valence electrons. The molecule has 0 radical (unpaired) electrons. The Balaban J connectivity index is 1.79. The fourth-order valence-electron chi connectivity index (χ4n) is 2.20. The second-order valence-corrected chi connectivity index (χ2v) is 8.04. The van der Waals surface area contributed by atoms with Gasteiger partial charge in [-0.25, -0.2) is 4.39 Å². The van der Waals surface area contributed by atoms with Gasteiger partial charge in [0.2, 0.25) is 11.8 Å². The van der Waals surface area contributed by atoms with Gasteiger partial charge in [-0.2, -0.15) is 0 Å². The first-order valence-electron chi connectivity index (χ1n) is 8.08. The molecule has 2 aromatic rings. The van der Waals surface area contributed by atoms with Crippen LogP contribution in [0.4, 0.5) is 10.1 Å². The Bertz CT molecular complexity index is 770. The van der Waals surface area contributed by atoms with E-state index in [1.165, 1.54) is 36.0 Å². The lowest BCUT2D eigenvalue weighted by Crippen LogP contribution is -2.33. The van der Waals surface area contributed by atoms with Gasteiger partial charge in [-0.05, 0) is 55.8 Å². The van der Waals surface area contributed by atoms with Crippen LogP contribution in [0.25, 0.3) is 0 Å². The molecule has 2 unspecified atom stereocenters. The summed E-state index contributed by atoms with van der Waals surface area (Å²) in [5.41, 5.74) is 1.52. The van der Waals surface area contributed by atoms with Gasteiger partial charge in [-0.3, -0.25) is 9.59 Å². The van der Waals surface area contributed by atoms with Crippen molar-refractivity contribution in [2.45, 2.75) is 25.1 Å².